The lowest BCUT2D eigenvalue weighted by Crippen LogP contribution is -1.98. The fraction of sp³-hybridized carbons (Fsp3) is 0.400. The summed E-state index contributed by atoms with van der Waals surface area (Å²) >= 11 is 0. The molecule has 0 fully saturated rings. The third kappa shape index (κ3) is 1.91. The van der Waals surface area contributed by atoms with Gasteiger partial charge >= 0.3 is 0 Å². The van der Waals surface area contributed by atoms with E-state index >= 15 is 0 Å². The zero-order chi connectivity index (χ0) is 9.84. The summed E-state index contributed by atoms with van der Waals surface area (Å²) in [5, 5.41) is 0. The van der Waals surface area contributed by atoms with Gasteiger partial charge in [0.2, 0.25) is 6.86 Å². The summed E-state index contributed by atoms with van der Waals surface area (Å²) in [6.07, 6.45) is 0. The number of halogens is 1. The molecule has 1 aromatic carbocycles. The molecule has 2 nitrogen and oxygen atoms in total. The van der Waals surface area contributed by atoms with Gasteiger partial charge < -0.3 is 9.47 Å². The van der Waals surface area contributed by atoms with Crippen molar-refractivity contribution in [3.8, 4) is 11.5 Å². The monoisotopic (exact) mass is 184 g/mol. The maximum atomic E-state index is 12.0. The number of benzene rings is 1. The van der Waals surface area contributed by atoms with Crippen LogP contribution in [0.4, 0.5) is 4.39 Å². The highest BCUT2D eigenvalue weighted by molar-refractivity contribution is 5.50. The Labute approximate surface area is 77.3 Å². The van der Waals surface area contributed by atoms with Gasteiger partial charge in [-0.15, -0.1) is 0 Å². The highest BCUT2D eigenvalue weighted by Gasteiger charge is 2.10. The molecule has 0 atom stereocenters. The van der Waals surface area contributed by atoms with Crippen LogP contribution in [0.5, 0.6) is 11.5 Å². The van der Waals surface area contributed by atoms with E-state index in [1.165, 1.54) is 0 Å². The lowest BCUT2D eigenvalue weighted by molar-refractivity contribution is 0.183. The minimum atomic E-state index is -0.833. The minimum absolute atomic E-state index is 0.491. The first-order valence-corrected chi connectivity index (χ1v) is 4.03. The van der Waals surface area contributed by atoms with Crippen molar-refractivity contribution < 1.29 is 13.9 Å². The van der Waals surface area contributed by atoms with E-state index in [1.807, 2.05) is 26.0 Å². The van der Waals surface area contributed by atoms with Gasteiger partial charge in [-0.3, -0.25) is 0 Å². The molecule has 0 aliphatic carbocycles. The quantitative estimate of drug-likeness (QED) is 0.718. The molecule has 72 valence electrons. The van der Waals surface area contributed by atoms with Crippen LogP contribution in [0, 0.1) is 13.8 Å². The number of alkyl halides is 1. The van der Waals surface area contributed by atoms with Gasteiger partial charge in [-0.2, -0.15) is 0 Å². The highest BCUT2D eigenvalue weighted by atomic mass is 19.1. The Morgan fingerprint density at radius 2 is 1.69 bits per heavy atom. The molecule has 0 amide bonds. The molecule has 0 saturated carbocycles. The van der Waals surface area contributed by atoms with Crippen molar-refractivity contribution in [2.45, 2.75) is 13.8 Å². The van der Waals surface area contributed by atoms with E-state index in [9.17, 15) is 4.39 Å². The molecule has 0 aliphatic rings. The van der Waals surface area contributed by atoms with Gasteiger partial charge in [0, 0.05) is 0 Å². The molecule has 1 aromatic rings. The van der Waals surface area contributed by atoms with Crippen molar-refractivity contribution in [1.29, 1.82) is 0 Å². The Bertz CT molecular complexity index is 297. The fourth-order valence-corrected chi connectivity index (χ4v) is 1.25. The van der Waals surface area contributed by atoms with E-state index in [2.05, 4.69) is 0 Å². The second-order valence-corrected chi connectivity index (χ2v) is 2.82. The third-order valence-electron chi connectivity index (χ3n) is 1.91. The summed E-state index contributed by atoms with van der Waals surface area (Å²) in [4.78, 5) is 0. The van der Waals surface area contributed by atoms with Crippen molar-refractivity contribution >= 4 is 0 Å². The summed E-state index contributed by atoms with van der Waals surface area (Å²) < 4.78 is 22.0. The Morgan fingerprint density at radius 3 is 2.15 bits per heavy atom. The fourth-order valence-electron chi connectivity index (χ4n) is 1.25. The smallest absolute Gasteiger partial charge is 0.228 e. The van der Waals surface area contributed by atoms with Gasteiger partial charge in [0.05, 0.1) is 7.11 Å². The summed E-state index contributed by atoms with van der Waals surface area (Å²) in [7, 11) is 1.55. The molecule has 0 heterocycles. The topological polar surface area (TPSA) is 18.5 Å². The van der Waals surface area contributed by atoms with Crippen LogP contribution in [-0.2, 0) is 0 Å². The molecule has 0 N–H and O–H groups in total. The average Bonchev–Trinajstić information content (AvgIpc) is 2.12. The van der Waals surface area contributed by atoms with Crippen molar-refractivity contribution in [3.05, 3.63) is 23.3 Å². The zero-order valence-corrected chi connectivity index (χ0v) is 8.06. The second kappa shape index (κ2) is 4.12. The first-order valence-electron chi connectivity index (χ1n) is 4.03. The molecule has 0 spiro atoms. The van der Waals surface area contributed by atoms with Crippen molar-refractivity contribution in [2.24, 2.45) is 0 Å². The number of aryl methyl sites for hydroxylation is 2. The summed E-state index contributed by atoms with van der Waals surface area (Å²) in [5.74, 6) is 1.10. The Balaban J connectivity index is 3.18. The average molecular weight is 184 g/mol. The Kier molecular flexibility index (Phi) is 3.12. The standard InChI is InChI=1S/C10H13FO2/c1-7-4-5-8(2)10(13-6-11)9(7)12-3/h4-5H,6H2,1-3H3. The number of methoxy groups -OCH3 is 1. The van der Waals surface area contributed by atoms with Crippen molar-refractivity contribution in [2.75, 3.05) is 14.0 Å². The van der Waals surface area contributed by atoms with Gasteiger partial charge in [0.25, 0.3) is 0 Å². The van der Waals surface area contributed by atoms with Crippen LogP contribution in [0.2, 0.25) is 0 Å². The maximum Gasteiger partial charge on any atom is 0.228 e. The molecule has 0 radical (unpaired) electrons. The van der Waals surface area contributed by atoms with Gasteiger partial charge in [-0.05, 0) is 25.0 Å². The molecule has 0 unspecified atom stereocenters. The number of rotatable bonds is 3. The van der Waals surface area contributed by atoms with Crippen LogP contribution in [0.15, 0.2) is 12.1 Å². The first-order chi connectivity index (χ1) is 6.20. The molecule has 0 bridgehead atoms. The van der Waals surface area contributed by atoms with Gasteiger partial charge in [0.1, 0.15) is 0 Å². The molecular formula is C10H13FO2. The second-order valence-electron chi connectivity index (χ2n) is 2.82. The predicted octanol–water partition coefficient (Wildman–Crippen LogP) is 2.62. The Hall–Kier alpha value is -1.25. The van der Waals surface area contributed by atoms with Crippen LogP contribution in [-0.4, -0.2) is 14.0 Å². The van der Waals surface area contributed by atoms with E-state index < -0.39 is 6.86 Å². The van der Waals surface area contributed by atoms with E-state index in [0.29, 0.717) is 11.5 Å². The summed E-state index contributed by atoms with van der Waals surface area (Å²) in [6, 6.07) is 3.79. The van der Waals surface area contributed by atoms with Crippen LogP contribution >= 0.6 is 0 Å². The third-order valence-corrected chi connectivity index (χ3v) is 1.91. The predicted molar refractivity (Wildman–Crippen MR) is 49.1 cm³/mol. The van der Waals surface area contributed by atoms with Crippen molar-refractivity contribution in [3.63, 3.8) is 0 Å². The highest BCUT2D eigenvalue weighted by Crippen LogP contribution is 2.33. The van der Waals surface area contributed by atoms with Gasteiger partial charge in [0.15, 0.2) is 11.5 Å². The van der Waals surface area contributed by atoms with Crippen LogP contribution < -0.4 is 9.47 Å². The first kappa shape index (κ1) is 9.84. The van der Waals surface area contributed by atoms with E-state index in [4.69, 9.17) is 9.47 Å². The van der Waals surface area contributed by atoms with Crippen LogP contribution in [0.25, 0.3) is 0 Å². The zero-order valence-electron chi connectivity index (χ0n) is 8.06. The van der Waals surface area contributed by atoms with Gasteiger partial charge in [-0.1, -0.05) is 12.1 Å². The number of hydrogen-bond acceptors (Lipinski definition) is 2. The molecule has 0 saturated heterocycles. The lowest BCUT2D eigenvalue weighted by atomic mass is 10.1. The van der Waals surface area contributed by atoms with Crippen molar-refractivity contribution in [1.82, 2.24) is 0 Å². The summed E-state index contributed by atoms with van der Waals surface area (Å²) in [5.41, 5.74) is 1.82. The minimum Gasteiger partial charge on any atom is -0.493 e. The SMILES string of the molecule is COc1c(C)ccc(C)c1OCF. The number of hydrogen-bond donors (Lipinski definition) is 0. The van der Waals surface area contributed by atoms with Crippen LogP contribution in [0.3, 0.4) is 0 Å². The maximum absolute atomic E-state index is 12.0. The lowest BCUT2D eigenvalue weighted by Gasteiger charge is -2.12. The largest absolute Gasteiger partial charge is 0.493 e. The molecule has 3 heteroatoms. The summed E-state index contributed by atoms with van der Waals surface area (Å²) in [6.45, 7) is 2.91. The molecule has 0 aromatic heterocycles. The number of ether oxygens (including phenoxy) is 2. The van der Waals surface area contributed by atoms with Gasteiger partial charge in [-0.25, -0.2) is 4.39 Å². The normalized spacial score (nSPS) is 9.85. The molecule has 1 rings (SSSR count). The van der Waals surface area contributed by atoms with E-state index in [0.717, 1.165) is 11.1 Å². The molecular weight excluding hydrogens is 171 g/mol. The van der Waals surface area contributed by atoms with E-state index in [-0.39, 0.29) is 0 Å². The Morgan fingerprint density at radius 1 is 1.15 bits per heavy atom. The molecule has 13 heavy (non-hydrogen) atoms. The van der Waals surface area contributed by atoms with E-state index in [1.54, 1.807) is 7.11 Å². The van der Waals surface area contributed by atoms with Crippen LogP contribution in [0.1, 0.15) is 11.1 Å². The molecule has 0 aliphatic heterocycles.